The van der Waals surface area contributed by atoms with Gasteiger partial charge in [-0.3, -0.25) is 9.89 Å². The molecule has 1 aliphatic heterocycles. The number of alkyl halides is 3. The SMILES string of the molecule is CCN(CC1CCN(C(=NC)NC2CC2c2c(F)cccc2F)C1)CC(F)(F)F.I. The van der Waals surface area contributed by atoms with Gasteiger partial charge >= 0.3 is 6.18 Å². The highest BCUT2D eigenvalue weighted by molar-refractivity contribution is 14.0. The molecule has 0 spiro atoms. The van der Waals surface area contributed by atoms with Gasteiger partial charge in [-0.05, 0) is 37.4 Å². The minimum Gasteiger partial charge on any atom is -0.353 e. The largest absolute Gasteiger partial charge is 0.401 e. The lowest BCUT2D eigenvalue weighted by Gasteiger charge is -2.26. The normalized spacial score (nSPS) is 24.2. The molecule has 3 atom stereocenters. The van der Waals surface area contributed by atoms with E-state index in [0.29, 0.717) is 38.6 Å². The molecule has 1 saturated carbocycles. The zero-order valence-corrected chi connectivity index (χ0v) is 19.4. The Hall–Kier alpha value is -1.17. The standard InChI is InChI=1S/C20H27F5N4.HI/c1-3-28(12-20(23,24)25)10-13-7-8-29(11-13)19(26-2)27-17-9-14(17)18-15(21)5-4-6-16(18)22;/h4-6,13-14,17H,3,7-12H2,1-2H3,(H,26,27);1H. The number of aliphatic imine (C=N–C) groups is 1. The zero-order chi connectivity index (χ0) is 21.2. The number of nitrogens with zero attached hydrogens (tertiary/aromatic N) is 3. The fraction of sp³-hybridized carbons (Fsp3) is 0.650. The van der Waals surface area contributed by atoms with E-state index in [-0.39, 0.29) is 47.4 Å². The van der Waals surface area contributed by atoms with E-state index in [1.165, 1.54) is 23.1 Å². The molecule has 2 aliphatic rings. The molecule has 4 nitrogen and oxygen atoms in total. The van der Waals surface area contributed by atoms with Crippen LogP contribution in [0.5, 0.6) is 0 Å². The first-order chi connectivity index (χ1) is 13.7. The van der Waals surface area contributed by atoms with E-state index in [9.17, 15) is 22.0 Å². The summed E-state index contributed by atoms with van der Waals surface area (Å²) >= 11 is 0. The van der Waals surface area contributed by atoms with Gasteiger partial charge in [-0.1, -0.05) is 13.0 Å². The minimum absolute atomic E-state index is 0. The van der Waals surface area contributed by atoms with Gasteiger partial charge < -0.3 is 10.2 Å². The molecule has 0 radical (unpaired) electrons. The Morgan fingerprint density at radius 2 is 1.93 bits per heavy atom. The second-order valence-corrected chi connectivity index (χ2v) is 7.82. The van der Waals surface area contributed by atoms with E-state index in [4.69, 9.17) is 0 Å². The Balaban J connectivity index is 0.00000320. The zero-order valence-electron chi connectivity index (χ0n) is 17.1. The molecule has 1 aromatic carbocycles. The molecule has 1 heterocycles. The van der Waals surface area contributed by atoms with E-state index in [2.05, 4.69) is 10.3 Å². The summed E-state index contributed by atoms with van der Waals surface area (Å²) in [5, 5.41) is 3.26. The van der Waals surface area contributed by atoms with Gasteiger partial charge in [0.1, 0.15) is 11.6 Å². The van der Waals surface area contributed by atoms with Crippen molar-refractivity contribution >= 4 is 29.9 Å². The second-order valence-electron chi connectivity index (χ2n) is 7.82. The Morgan fingerprint density at radius 1 is 1.27 bits per heavy atom. The van der Waals surface area contributed by atoms with Crippen LogP contribution in [0.1, 0.15) is 31.2 Å². The predicted octanol–water partition coefficient (Wildman–Crippen LogP) is 4.22. The highest BCUT2D eigenvalue weighted by Gasteiger charge is 2.43. The van der Waals surface area contributed by atoms with Crippen LogP contribution in [0.3, 0.4) is 0 Å². The van der Waals surface area contributed by atoms with E-state index in [1.807, 2.05) is 4.90 Å². The summed E-state index contributed by atoms with van der Waals surface area (Å²) in [5.41, 5.74) is 0.102. The van der Waals surface area contributed by atoms with Crippen molar-refractivity contribution in [2.24, 2.45) is 10.9 Å². The average Bonchev–Trinajstić information content (AvgIpc) is 3.23. The monoisotopic (exact) mass is 546 g/mol. The van der Waals surface area contributed by atoms with Gasteiger partial charge in [0.25, 0.3) is 0 Å². The maximum atomic E-state index is 14.0. The maximum absolute atomic E-state index is 14.0. The number of guanidine groups is 1. The Labute approximate surface area is 190 Å². The number of likely N-dealkylation sites (tertiary alicyclic amines) is 1. The number of benzene rings is 1. The third-order valence-corrected chi connectivity index (χ3v) is 5.64. The van der Waals surface area contributed by atoms with Crippen molar-refractivity contribution < 1.29 is 22.0 Å². The lowest BCUT2D eigenvalue weighted by molar-refractivity contribution is -0.146. The second kappa shape index (κ2) is 10.4. The van der Waals surface area contributed by atoms with Crippen LogP contribution in [0.4, 0.5) is 22.0 Å². The molecule has 30 heavy (non-hydrogen) atoms. The summed E-state index contributed by atoms with van der Waals surface area (Å²) in [4.78, 5) is 7.70. The molecular formula is C20H28F5IN4. The highest BCUT2D eigenvalue weighted by Crippen LogP contribution is 2.43. The predicted molar refractivity (Wildman–Crippen MR) is 117 cm³/mol. The number of halogens is 6. The van der Waals surface area contributed by atoms with Crippen LogP contribution in [0, 0.1) is 17.6 Å². The molecular weight excluding hydrogens is 518 g/mol. The minimum atomic E-state index is -4.20. The van der Waals surface area contributed by atoms with Crippen LogP contribution in [-0.4, -0.2) is 67.7 Å². The first kappa shape index (κ1) is 25.1. The van der Waals surface area contributed by atoms with Gasteiger partial charge in [-0.25, -0.2) is 8.78 Å². The molecule has 3 rings (SSSR count). The fourth-order valence-electron chi connectivity index (χ4n) is 4.10. The van der Waals surface area contributed by atoms with Crippen LogP contribution in [0.15, 0.2) is 23.2 Å². The highest BCUT2D eigenvalue weighted by atomic mass is 127. The molecule has 170 valence electrons. The summed E-state index contributed by atoms with van der Waals surface area (Å²) in [6, 6.07) is 3.76. The van der Waals surface area contributed by atoms with Gasteiger partial charge in [0, 0.05) is 44.2 Å². The summed E-state index contributed by atoms with van der Waals surface area (Å²) in [7, 11) is 1.64. The quantitative estimate of drug-likeness (QED) is 0.251. The summed E-state index contributed by atoms with van der Waals surface area (Å²) in [6.07, 6.45) is -2.80. The smallest absolute Gasteiger partial charge is 0.353 e. The summed E-state index contributed by atoms with van der Waals surface area (Å²) in [5.74, 6) is -0.570. The topological polar surface area (TPSA) is 30.9 Å². The van der Waals surface area contributed by atoms with Gasteiger partial charge in [-0.15, -0.1) is 24.0 Å². The number of rotatable bonds is 6. The van der Waals surface area contributed by atoms with Crippen LogP contribution < -0.4 is 5.32 Å². The molecule has 1 saturated heterocycles. The van der Waals surface area contributed by atoms with Crippen molar-refractivity contribution in [3.8, 4) is 0 Å². The van der Waals surface area contributed by atoms with E-state index in [1.54, 1.807) is 14.0 Å². The number of hydrogen-bond donors (Lipinski definition) is 1. The van der Waals surface area contributed by atoms with Crippen molar-refractivity contribution in [2.45, 2.75) is 37.9 Å². The fourth-order valence-corrected chi connectivity index (χ4v) is 4.10. The molecule has 1 aromatic rings. The maximum Gasteiger partial charge on any atom is 0.401 e. The van der Waals surface area contributed by atoms with Gasteiger partial charge in [0.05, 0.1) is 6.54 Å². The van der Waals surface area contributed by atoms with E-state index >= 15 is 0 Å². The Kier molecular flexibility index (Phi) is 8.72. The summed E-state index contributed by atoms with van der Waals surface area (Å²) in [6.45, 7) is 2.87. The molecule has 0 amide bonds. The van der Waals surface area contributed by atoms with Crippen LogP contribution in [-0.2, 0) is 0 Å². The van der Waals surface area contributed by atoms with Crippen molar-refractivity contribution in [3.05, 3.63) is 35.4 Å². The van der Waals surface area contributed by atoms with Crippen molar-refractivity contribution in [1.29, 1.82) is 0 Å². The van der Waals surface area contributed by atoms with Crippen LogP contribution in [0.2, 0.25) is 0 Å². The molecule has 1 N–H and O–H groups in total. The first-order valence-corrected chi connectivity index (χ1v) is 9.93. The molecule has 0 bridgehead atoms. The lowest BCUT2D eigenvalue weighted by Crippen LogP contribution is -2.42. The van der Waals surface area contributed by atoms with Crippen molar-refractivity contribution in [1.82, 2.24) is 15.1 Å². The number of hydrogen-bond acceptors (Lipinski definition) is 2. The summed E-state index contributed by atoms with van der Waals surface area (Å²) < 4.78 is 66.0. The molecule has 3 unspecified atom stereocenters. The number of nitrogens with one attached hydrogen (secondary N) is 1. The van der Waals surface area contributed by atoms with E-state index < -0.39 is 24.4 Å². The Bertz CT molecular complexity index is 722. The lowest BCUT2D eigenvalue weighted by atomic mass is 10.1. The molecule has 10 heteroatoms. The average molecular weight is 546 g/mol. The Morgan fingerprint density at radius 3 is 2.50 bits per heavy atom. The molecule has 0 aromatic heterocycles. The third-order valence-electron chi connectivity index (χ3n) is 5.64. The van der Waals surface area contributed by atoms with Crippen LogP contribution in [0.25, 0.3) is 0 Å². The van der Waals surface area contributed by atoms with Crippen molar-refractivity contribution in [2.75, 3.05) is 39.8 Å². The van der Waals surface area contributed by atoms with E-state index in [0.717, 1.165) is 6.42 Å². The molecule has 1 aliphatic carbocycles. The van der Waals surface area contributed by atoms with Crippen molar-refractivity contribution in [3.63, 3.8) is 0 Å². The third kappa shape index (κ3) is 6.41. The van der Waals surface area contributed by atoms with Gasteiger partial charge in [0.15, 0.2) is 5.96 Å². The van der Waals surface area contributed by atoms with Gasteiger partial charge in [-0.2, -0.15) is 13.2 Å². The first-order valence-electron chi connectivity index (χ1n) is 9.93. The van der Waals surface area contributed by atoms with Crippen LogP contribution >= 0.6 is 24.0 Å². The van der Waals surface area contributed by atoms with Gasteiger partial charge in [0.2, 0.25) is 0 Å². The molecule has 2 fully saturated rings.